The van der Waals surface area contributed by atoms with Crippen LogP contribution in [0.15, 0.2) is 24.3 Å². The van der Waals surface area contributed by atoms with Crippen LogP contribution in [0.2, 0.25) is 0 Å². The maximum absolute atomic E-state index is 6.28. The molecule has 1 fully saturated rings. The summed E-state index contributed by atoms with van der Waals surface area (Å²) in [6, 6.07) is 8.74. The molecule has 1 saturated heterocycles. The van der Waals surface area contributed by atoms with Crippen molar-refractivity contribution < 1.29 is 4.74 Å². The number of rotatable bonds is 6. The Morgan fingerprint density at radius 2 is 2.11 bits per heavy atom. The fraction of sp³-hybridized carbons (Fsp3) is 0.625. The molecule has 0 aliphatic carbocycles. The zero-order valence-corrected chi connectivity index (χ0v) is 12.1. The lowest BCUT2D eigenvalue weighted by atomic mass is 10.0. The monoisotopic (exact) mass is 262 g/mol. The minimum atomic E-state index is 0.0808. The second-order valence-electron chi connectivity index (χ2n) is 5.56. The van der Waals surface area contributed by atoms with Gasteiger partial charge in [-0.05, 0) is 37.4 Å². The van der Waals surface area contributed by atoms with Crippen LogP contribution in [0.1, 0.15) is 36.9 Å². The Bertz CT molecular complexity index is 371. The van der Waals surface area contributed by atoms with Crippen molar-refractivity contribution in [3.05, 3.63) is 35.4 Å². The van der Waals surface area contributed by atoms with Gasteiger partial charge in [-0.3, -0.25) is 0 Å². The van der Waals surface area contributed by atoms with Crippen LogP contribution in [0.25, 0.3) is 0 Å². The van der Waals surface area contributed by atoms with Crippen LogP contribution in [0.4, 0.5) is 0 Å². The molecule has 2 unspecified atom stereocenters. The highest BCUT2D eigenvalue weighted by Gasteiger charge is 2.18. The highest BCUT2D eigenvalue weighted by molar-refractivity contribution is 5.25. The molecule has 0 saturated carbocycles. The van der Waals surface area contributed by atoms with Crippen molar-refractivity contribution in [3.63, 3.8) is 0 Å². The predicted molar refractivity (Wildman–Crippen MR) is 79.2 cm³/mol. The van der Waals surface area contributed by atoms with Gasteiger partial charge in [0.1, 0.15) is 0 Å². The summed E-state index contributed by atoms with van der Waals surface area (Å²) in [4.78, 5) is 2.29. The van der Waals surface area contributed by atoms with Crippen LogP contribution < -0.4 is 5.73 Å². The molecule has 2 rings (SSSR count). The van der Waals surface area contributed by atoms with E-state index in [1.807, 2.05) is 0 Å². The van der Waals surface area contributed by atoms with Gasteiger partial charge in [0.2, 0.25) is 0 Å². The van der Waals surface area contributed by atoms with Gasteiger partial charge in [0.05, 0.1) is 6.10 Å². The van der Waals surface area contributed by atoms with E-state index in [9.17, 15) is 0 Å². The molecule has 0 radical (unpaired) electrons. The Balaban J connectivity index is 1.82. The Hall–Kier alpha value is -0.900. The summed E-state index contributed by atoms with van der Waals surface area (Å²) < 4.78 is 5.66. The zero-order valence-electron chi connectivity index (χ0n) is 12.1. The van der Waals surface area contributed by atoms with Crippen LogP contribution in [-0.2, 0) is 11.2 Å². The maximum Gasteiger partial charge on any atom is 0.0702 e. The molecule has 0 aromatic heterocycles. The van der Waals surface area contributed by atoms with Gasteiger partial charge in [-0.25, -0.2) is 0 Å². The van der Waals surface area contributed by atoms with E-state index in [4.69, 9.17) is 10.5 Å². The summed E-state index contributed by atoms with van der Waals surface area (Å²) in [5.41, 5.74) is 8.86. The average molecular weight is 262 g/mol. The minimum Gasteiger partial charge on any atom is -0.377 e. The maximum atomic E-state index is 6.28. The first-order valence-electron chi connectivity index (χ1n) is 7.33. The second-order valence-corrected chi connectivity index (χ2v) is 5.56. The topological polar surface area (TPSA) is 38.5 Å². The van der Waals surface area contributed by atoms with Gasteiger partial charge >= 0.3 is 0 Å². The van der Waals surface area contributed by atoms with E-state index < -0.39 is 0 Å². The Kier molecular flexibility index (Phi) is 5.37. The first-order chi connectivity index (χ1) is 9.19. The zero-order chi connectivity index (χ0) is 13.7. The first-order valence-corrected chi connectivity index (χ1v) is 7.33. The van der Waals surface area contributed by atoms with Crippen molar-refractivity contribution in [2.75, 3.05) is 26.7 Å². The highest BCUT2D eigenvalue weighted by Crippen LogP contribution is 2.16. The third kappa shape index (κ3) is 4.30. The Morgan fingerprint density at radius 1 is 1.37 bits per heavy atom. The molecular weight excluding hydrogens is 236 g/mol. The molecule has 0 amide bonds. The summed E-state index contributed by atoms with van der Waals surface area (Å²) in [5.74, 6) is 0. The summed E-state index contributed by atoms with van der Waals surface area (Å²) in [6.45, 7) is 4.96. The normalized spacial score (nSPS) is 20.9. The average Bonchev–Trinajstić information content (AvgIpc) is 2.91. The van der Waals surface area contributed by atoms with E-state index in [0.717, 1.165) is 26.1 Å². The van der Waals surface area contributed by atoms with E-state index in [1.165, 1.54) is 24.0 Å². The number of likely N-dealkylation sites (N-methyl/N-ethyl adjacent to an activating group) is 1. The molecule has 1 aromatic rings. The van der Waals surface area contributed by atoms with E-state index in [1.54, 1.807) is 0 Å². The summed E-state index contributed by atoms with van der Waals surface area (Å²) in [6.07, 6.45) is 3.86. The quantitative estimate of drug-likeness (QED) is 0.855. The van der Waals surface area contributed by atoms with Crippen molar-refractivity contribution in [2.24, 2.45) is 5.73 Å². The Morgan fingerprint density at radius 3 is 2.68 bits per heavy atom. The molecule has 1 aromatic carbocycles. The minimum absolute atomic E-state index is 0.0808. The van der Waals surface area contributed by atoms with Crippen molar-refractivity contribution >= 4 is 0 Å². The second kappa shape index (κ2) is 7.04. The summed E-state index contributed by atoms with van der Waals surface area (Å²) in [5, 5.41) is 0. The lowest BCUT2D eigenvalue weighted by Crippen LogP contribution is -2.34. The van der Waals surface area contributed by atoms with Gasteiger partial charge < -0.3 is 15.4 Å². The predicted octanol–water partition coefficient (Wildman–Crippen LogP) is 2.36. The number of benzene rings is 1. The van der Waals surface area contributed by atoms with Crippen molar-refractivity contribution in [2.45, 2.75) is 38.3 Å². The molecule has 2 N–H and O–H groups in total. The SMILES string of the molecule is CCc1ccc(C(N)CN(C)CC2CCCO2)cc1. The number of hydrogen-bond donors (Lipinski definition) is 1. The van der Waals surface area contributed by atoms with Crippen LogP contribution in [-0.4, -0.2) is 37.7 Å². The lowest BCUT2D eigenvalue weighted by molar-refractivity contribution is 0.0796. The molecule has 1 aliphatic heterocycles. The highest BCUT2D eigenvalue weighted by atomic mass is 16.5. The van der Waals surface area contributed by atoms with Gasteiger partial charge in [-0.2, -0.15) is 0 Å². The molecule has 0 spiro atoms. The Labute approximate surface area is 116 Å². The summed E-state index contributed by atoms with van der Waals surface area (Å²) in [7, 11) is 2.13. The molecule has 106 valence electrons. The lowest BCUT2D eigenvalue weighted by Gasteiger charge is -2.24. The molecule has 2 atom stereocenters. The largest absolute Gasteiger partial charge is 0.377 e. The fourth-order valence-corrected chi connectivity index (χ4v) is 2.65. The third-order valence-corrected chi connectivity index (χ3v) is 3.86. The third-order valence-electron chi connectivity index (χ3n) is 3.86. The van der Waals surface area contributed by atoms with Crippen molar-refractivity contribution in [1.82, 2.24) is 4.90 Å². The number of aryl methyl sites for hydroxylation is 1. The van der Waals surface area contributed by atoms with E-state index in [0.29, 0.717) is 6.10 Å². The molecule has 3 nitrogen and oxygen atoms in total. The molecular formula is C16H26N2O. The smallest absolute Gasteiger partial charge is 0.0702 e. The first kappa shape index (κ1) is 14.5. The molecule has 1 aliphatic rings. The van der Waals surface area contributed by atoms with Crippen LogP contribution in [0.3, 0.4) is 0 Å². The van der Waals surface area contributed by atoms with Gasteiger partial charge in [0.15, 0.2) is 0 Å². The van der Waals surface area contributed by atoms with Gasteiger partial charge in [0.25, 0.3) is 0 Å². The van der Waals surface area contributed by atoms with Gasteiger partial charge in [-0.15, -0.1) is 0 Å². The van der Waals surface area contributed by atoms with Gasteiger partial charge in [0, 0.05) is 25.7 Å². The van der Waals surface area contributed by atoms with E-state index >= 15 is 0 Å². The molecule has 3 heteroatoms. The van der Waals surface area contributed by atoms with Crippen molar-refractivity contribution in [3.8, 4) is 0 Å². The molecule has 0 bridgehead atoms. The van der Waals surface area contributed by atoms with E-state index in [-0.39, 0.29) is 6.04 Å². The molecule has 19 heavy (non-hydrogen) atoms. The molecule has 1 heterocycles. The number of ether oxygens (including phenoxy) is 1. The van der Waals surface area contributed by atoms with Crippen LogP contribution >= 0.6 is 0 Å². The van der Waals surface area contributed by atoms with Gasteiger partial charge in [-0.1, -0.05) is 31.2 Å². The van der Waals surface area contributed by atoms with Crippen molar-refractivity contribution in [1.29, 1.82) is 0 Å². The number of nitrogens with two attached hydrogens (primary N) is 1. The number of nitrogens with zero attached hydrogens (tertiary/aromatic N) is 1. The van der Waals surface area contributed by atoms with E-state index in [2.05, 4.69) is 43.1 Å². The number of hydrogen-bond acceptors (Lipinski definition) is 3. The fourth-order valence-electron chi connectivity index (χ4n) is 2.65. The van der Waals surface area contributed by atoms with Crippen LogP contribution in [0.5, 0.6) is 0 Å². The summed E-state index contributed by atoms with van der Waals surface area (Å²) >= 11 is 0. The standard InChI is InChI=1S/C16H26N2O/c1-3-13-6-8-14(9-7-13)16(17)12-18(2)11-15-5-4-10-19-15/h6-9,15-16H,3-5,10-12,17H2,1-2H3. The van der Waals surface area contributed by atoms with Crippen LogP contribution in [0, 0.1) is 0 Å².